The van der Waals surface area contributed by atoms with Gasteiger partial charge in [-0.05, 0) is 68.5 Å². The number of amides is 1. The molecule has 1 amide bonds. The lowest BCUT2D eigenvalue weighted by atomic mass is 10.1. The highest BCUT2D eigenvalue weighted by Crippen LogP contribution is 2.33. The van der Waals surface area contributed by atoms with Crippen LogP contribution in [0.5, 0.6) is 0 Å². The highest BCUT2D eigenvalue weighted by Gasteiger charge is 2.21. The molecule has 0 saturated heterocycles. The van der Waals surface area contributed by atoms with E-state index in [-0.39, 0.29) is 5.91 Å². The number of carbonyl (C=O) groups is 1. The molecule has 32 heavy (non-hydrogen) atoms. The molecule has 2 aromatic heterocycles. The Morgan fingerprint density at radius 2 is 1.91 bits per heavy atom. The van der Waals surface area contributed by atoms with Gasteiger partial charge in [-0.3, -0.25) is 14.4 Å². The minimum absolute atomic E-state index is 0.0197. The van der Waals surface area contributed by atoms with Crippen LogP contribution < -0.4 is 4.90 Å². The van der Waals surface area contributed by atoms with Crippen molar-refractivity contribution in [3.63, 3.8) is 0 Å². The third kappa shape index (κ3) is 5.00. The van der Waals surface area contributed by atoms with Crippen LogP contribution in [-0.2, 0) is 17.8 Å². The van der Waals surface area contributed by atoms with Crippen molar-refractivity contribution >= 4 is 56.0 Å². The maximum atomic E-state index is 13.4. The summed E-state index contributed by atoms with van der Waals surface area (Å²) >= 11 is 9.44. The Balaban J connectivity index is 1.64. The van der Waals surface area contributed by atoms with Gasteiger partial charge >= 0.3 is 0 Å². The van der Waals surface area contributed by atoms with Crippen molar-refractivity contribution in [1.29, 1.82) is 0 Å². The molecule has 4 aromatic rings. The van der Waals surface area contributed by atoms with Crippen LogP contribution in [0.2, 0.25) is 5.02 Å². The van der Waals surface area contributed by atoms with E-state index in [0.717, 1.165) is 32.7 Å². The Morgan fingerprint density at radius 3 is 2.56 bits per heavy atom. The molecule has 0 saturated carbocycles. The van der Waals surface area contributed by atoms with Crippen molar-refractivity contribution in [2.75, 3.05) is 17.7 Å². The van der Waals surface area contributed by atoms with Crippen molar-refractivity contribution in [2.45, 2.75) is 38.6 Å². The summed E-state index contributed by atoms with van der Waals surface area (Å²) in [6, 6.07) is 14.0. The molecule has 4 rings (SSSR count). The zero-order valence-electron chi connectivity index (χ0n) is 18.6. The van der Waals surface area contributed by atoms with Gasteiger partial charge in [0.15, 0.2) is 5.13 Å². The first-order valence-electron chi connectivity index (χ1n) is 10.3. The first-order chi connectivity index (χ1) is 15.3. The second-order valence-electron chi connectivity index (χ2n) is 7.79. The molecule has 2 heterocycles. The normalized spacial score (nSPS) is 11.3. The summed E-state index contributed by atoms with van der Waals surface area (Å²) in [5.41, 5.74) is 4.94. The van der Waals surface area contributed by atoms with Crippen LogP contribution in [0.15, 0.2) is 47.4 Å². The highest BCUT2D eigenvalue weighted by atomic mass is 35.5. The van der Waals surface area contributed by atoms with E-state index < -0.39 is 0 Å². The second kappa shape index (κ2) is 9.65. The predicted octanol–water partition coefficient (Wildman–Crippen LogP) is 6.07. The molecule has 0 unspecified atom stereocenters. The van der Waals surface area contributed by atoms with Gasteiger partial charge in [0.25, 0.3) is 0 Å². The van der Waals surface area contributed by atoms with Gasteiger partial charge in [0.2, 0.25) is 5.91 Å². The standard InChI is InChI=1S/C24H25ClN4OS2/c1-15-11-19(25)14-21-23(15)26-24(32-21)28(9-10-29-17(3)12-16(2)27-29)22(30)13-18-5-7-20(31-4)8-6-18/h5-8,11-12,14H,9-10,13H2,1-4H3. The van der Waals surface area contributed by atoms with Crippen LogP contribution in [0, 0.1) is 20.8 Å². The van der Waals surface area contributed by atoms with Crippen LogP contribution in [-0.4, -0.2) is 33.5 Å². The van der Waals surface area contributed by atoms with E-state index in [2.05, 4.69) is 17.2 Å². The smallest absolute Gasteiger partial charge is 0.233 e. The fourth-order valence-corrected chi connectivity index (χ4v) is 5.57. The van der Waals surface area contributed by atoms with Gasteiger partial charge in [-0.1, -0.05) is 35.1 Å². The lowest BCUT2D eigenvalue weighted by Gasteiger charge is -2.20. The molecule has 0 atom stereocenters. The number of anilines is 1. The van der Waals surface area contributed by atoms with Gasteiger partial charge in [-0.2, -0.15) is 5.10 Å². The molecule has 0 fully saturated rings. The van der Waals surface area contributed by atoms with Gasteiger partial charge in [0.1, 0.15) is 0 Å². The Hall–Kier alpha value is -2.35. The van der Waals surface area contributed by atoms with Gasteiger partial charge in [0, 0.05) is 22.2 Å². The van der Waals surface area contributed by atoms with Crippen LogP contribution in [0.1, 0.15) is 22.5 Å². The average molecular weight is 485 g/mol. The molecule has 5 nitrogen and oxygen atoms in total. The summed E-state index contributed by atoms with van der Waals surface area (Å²) in [4.78, 5) is 21.2. The number of benzene rings is 2. The van der Waals surface area contributed by atoms with Crippen LogP contribution in [0.25, 0.3) is 10.2 Å². The third-order valence-electron chi connectivity index (χ3n) is 5.32. The molecule has 0 radical (unpaired) electrons. The first kappa shape index (κ1) is 22.8. The zero-order valence-corrected chi connectivity index (χ0v) is 20.9. The molecule has 0 bridgehead atoms. The van der Waals surface area contributed by atoms with Crippen LogP contribution in [0.3, 0.4) is 0 Å². The molecule has 166 valence electrons. The van der Waals surface area contributed by atoms with Crippen molar-refractivity contribution in [2.24, 2.45) is 0 Å². The van der Waals surface area contributed by atoms with Gasteiger partial charge < -0.3 is 0 Å². The van der Waals surface area contributed by atoms with E-state index in [4.69, 9.17) is 16.6 Å². The Labute approximate surface area is 201 Å². The molecule has 0 aliphatic carbocycles. The Kier molecular flexibility index (Phi) is 6.88. The van der Waals surface area contributed by atoms with E-state index >= 15 is 0 Å². The lowest BCUT2D eigenvalue weighted by Crippen LogP contribution is -2.35. The fourth-order valence-electron chi connectivity index (χ4n) is 3.69. The van der Waals surface area contributed by atoms with Gasteiger partial charge in [-0.25, -0.2) is 4.98 Å². The van der Waals surface area contributed by atoms with E-state index in [1.165, 1.54) is 16.2 Å². The highest BCUT2D eigenvalue weighted by molar-refractivity contribution is 7.98. The maximum Gasteiger partial charge on any atom is 0.233 e. The summed E-state index contributed by atoms with van der Waals surface area (Å²) < 4.78 is 2.93. The molecule has 0 N–H and O–H groups in total. The van der Waals surface area contributed by atoms with Crippen LogP contribution in [0.4, 0.5) is 5.13 Å². The van der Waals surface area contributed by atoms with E-state index in [9.17, 15) is 4.79 Å². The molecule has 8 heteroatoms. The molecular formula is C24H25ClN4OS2. The third-order valence-corrected chi connectivity index (χ3v) is 7.31. The summed E-state index contributed by atoms with van der Waals surface area (Å²) in [5.74, 6) is 0.0197. The predicted molar refractivity (Wildman–Crippen MR) is 135 cm³/mol. The number of hydrogen-bond acceptors (Lipinski definition) is 5. The van der Waals surface area contributed by atoms with E-state index in [1.807, 2.05) is 62.0 Å². The number of aromatic nitrogens is 3. The molecule has 0 aliphatic heterocycles. The van der Waals surface area contributed by atoms with Crippen molar-refractivity contribution in [3.8, 4) is 0 Å². The minimum atomic E-state index is 0.0197. The largest absolute Gasteiger partial charge is 0.286 e. The monoisotopic (exact) mass is 484 g/mol. The molecule has 2 aromatic carbocycles. The van der Waals surface area contributed by atoms with Crippen molar-refractivity contribution < 1.29 is 4.79 Å². The van der Waals surface area contributed by atoms with E-state index in [0.29, 0.717) is 29.7 Å². The molecular weight excluding hydrogens is 460 g/mol. The molecule has 0 aliphatic rings. The Bertz CT molecular complexity index is 1260. The fraction of sp³-hybridized carbons (Fsp3) is 0.292. The number of carbonyl (C=O) groups excluding carboxylic acids is 1. The van der Waals surface area contributed by atoms with Gasteiger partial charge in [-0.15, -0.1) is 11.8 Å². The molecule has 0 spiro atoms. The number of halogens is 1. The average Bonchev–Trinajstić information content (AvgIpc) is 3.31. The number of thioether (sulfide) groups is 1. The summed E-state index contributed by atoms with van der Waals surface area (Å²) in [7, 11) is 0. The van der Waals surface area contributed by atoms with Gasteiger partial charge in [0.05, 0.1) is 28.9 Å². The number of nitrogens with zero attached hydrogens (tertiary/aromatic N) is 4. The van der Waals surface area contributed by atoms with Crippen LogP contribution >= 0.6 is 34.7 Å². The summed E-state index contributed by atoms with van der Waals surface area (Å²) in [6.45, 7) is 7.10. The lowest BCUT2D eigenvalue weighted by molar-refractivity contribution is -0.118. The number of fused-ring (bicyclic) bond motifs is 1. The second-order valence-corrected chi connectivity index (χ2v) is 10.1. The quantitative estimate of drug-likeness (QED) is 0.299. The summed E-state index contributed by atoms with van der Waals surface area (Å²) in [6.07, 6.45) is 2.36. The first-order valence-corrected chi connectivity index (χ1v) is 12.8. The summed E-state index contributed by atoms with van der Waals surface area (Å²) in [5, 5.41) is 5.92. The van der Waals surface area contributed by atoms with Crippen molar-refractivity contribution in [3.05, 3.63) is 70.0 Å². The van der Waals surface area contributed by atoms with E-state index in [1.54, 1.807) is 16.7 Å². The Morgan fingerprint density at radius 1 is 1.16 bits per heavy atom. The number of rotatable bonds is 7. The van der Waals surface area contributed by atoms with Crippen molar-refractivity contribution in [1.82, 2.24) is 14.8 Å². The number of thiazole rings is 1. The number of hydrogen-bond donors (Lipinski definition) is 0. The SMILES string of the molecule is CSc1ccc(CC(=O)N(CCn2nc(C)cc2C)c2nc3c(C)cc(Cl)cc3s2)cc1. The minimum Gasteiger partial charge on any atom is -0.286 e. The maximum absolute atomic E-state index is 13.4. The zero-order chi connectivity index (χ0) is 22.8. The topological polar surface area (TPSA) is 51.0 Å². The number of aryl methyl sites for hydroxylation is 3.